The first kappa shape index (κ1) is 22.0. The number of aryl methyl sites for hydroxylation is 1. The van der Waals surface area contributed by atoms with E-state index in [0.29, 0.717) is 34.4 Å². The smallest absolute Gasteiger partial charge is 0.259 e. The molecule has 0 unspecified atom stereocenters. The third-order valence-electron chi connectivity index (χ3n) is 5.61. The van der Waals surface area contributed by atoms with Crippen molar-refractivity contribution in [3.8, 4) is 0 Å². The van der Waals surface area contributed by atoms with E-state index < -0.39 is 6.04 Å². The van der Waals surface area contributed by atoms with Gasteiger partial charge in [-0.2, -0.15) is 0 Å². The Morgan fingerprint density at radius 1 is 1.09 bits per heavy atom. The first-order valence-corrected chi connectivity index (χ1v) is 11.8. The molecular weight excluding hydrogens is 451 g/mol. The van der Waals surface area contributed by atoms with E-state index in [-0.39, 0.29) is 23.4 Å². The standard InChI is InChI=1S/C26H21FN4O2S/c1-16-11-12-18(14-20(16)27)28-23(32)15-34-26-30-21-10-6-5-9-19(21)24-29-22(25(33)31(24)26)13-17-7-3-2-4-8-17/h2-12,14,22H,13,15H2,1H3,(H,28,32)/t22-/m0/s1. The molecule has 34 heavy (non-hydrogen) atoms. The third kappa shape index (κ3) is 4.36. The van der Waals surface area contributed by atoms with Gasteiger partial charge in [0.05, 0.1) is 11.4 Å². The van der Waals surface area contributed by atoms with Gasteiger partial charge in [-0.1, -0.05) is 60.3 Å². The topological polar surface area (TPSA) is 74.1 Å². The van der Waals surface area contributed by atoms with Crippen LogP contribution in [0, 0.1) is 12.7 Å². The van der Waals surface area contributed by atoms with Gasteiger partial charge in [-0.15, -0.1) is 0 Å². The summed E-state index contributed by atoms with van der Waals surface area (Å²) in [5.41, 5.74) is 3.40. The fourth-order valence-electron chi connectivity index (χ4n) is 3.87. The third-order valence-corrected chi connectivity index (χ3v) is 6.55. The van der Waals surface area contributed by atoms with Gasteiger partial charge >= 0.3 is 0 Å². The number of hydrogen-bond donors (Lipinski definition) is 1. The molecule has 0 spiro atoms. The second kappa shape index (κ2) is 9.23. The number of nitrogens with one attached hydrogen (secondary N) is 1. The number of carbonyl (C=O) groups excluding carboxylic acids is 2. The Kier molecular flexibility index (Phi) is 5.98. The zero-order chi connectivity index (χ0) is 23.7. The van der Waals surface area contributed by atoms with Crippen LogP contribution in [0.4, 0.5) is 15.8 Å². The lowest BCUT2D eigenvalue weighted by atomic mass is 10.1. The Hall–Kier alpha value is -3.78. The molecule has 0 saturated carbocycles. The molecule has 0 fully saturated rings. The van der Waals surface area contributed by atoms with Crippen molar-refractivity contribution in [1.29, 1.82) is 0 Å². The molecule has 0 radical (unpaired) electrons. The van der Waals surface area contributed by atoms with E-state index in [2.05, 4.69) is 10.3 Å². The molecule has 170 valence electrons. The second-order valence-corrected chi connectivity index (χ2v) is 8.99. The molecule has 2 amide bonds. The van der Waals surface area contributed by atoms with Gasteiger partial charge in [-0.3, -0.25) is 14.6 Å². The van der Waals surface area contributed by atoms with E-state index in [4.69, 9.17) is 4.99 Å². The summed E-state index contributed by atoms with van der Waals surface area (Å²) in [5.74, 6) is -0.301. The summed E-state index contributed by atoms with van der Waals surface area (Å²) in [6.07, 6.45) is 0.485. The molecule has 3 aromatic rings. The fourth-order valence-corrected chi connectivity index (χ4v) is 4.67. The highest BCUT2D eigenvalue weighted by atomic mass is 32.2. The maximum absolute atomic E-state index is 13.8. The molecule has 8 heteroatoms. The molecule has 6 nitrogen and oxygen atoms in total. The van der Waals surface area contributed by atoms with Crippen LogP contribution in [0.3, 0.4) is 0 Å². The lowest BCUT2D eigenvalue weighted by Crippen LogP contribution is -2.41. The highest BCUT2D eigenvalue weighted by Gasteiger charge is 2.41. The first-order chi connectivity index (χ1) is 16.5. The summed E-state index contributed by atoms with van der Waals surface area (Å²) in [6.45, 7) is 1.66. The van der Waals surface area contributed by atoms with Crippen molar-refractivity contribution < 1.29 is 14.0 Å². The zero-order valence-electron chi connectivity index (χ0n) is 18.4. The predicted octanol–water partition coefficient (Wildman–Crippen LogP) is 4.71. The second-order valence-electron chi connectivity index (χ2n) is 8.04. The Balaban J connectivity index is 1.36. The molecule has 2 aliphatic heterocycles. The van der Waals surface area contributed by atoms with E-state index in [1.807, 2.05) is 54.6 Å². The van der Waals surface area contributed by atoms with Gasteiger partial charge in [-0.05, 0) is 42.3 Å². The lowest BCUT2D eigenvalue weighted by molar-refractivity contribution is -0.124. The van der Waals surface area contributed by atoms with Gasteiger partial charge in [0.25, 0.3) is 5.91 Å². The minimum Gasteiger partial charge on any atom is -0.325 e. The molecule has 1 N–H and O–H groups in total. The molecular formula is C26H21FN4O2S. The largest absolute Gasteiger partial charge is 0.325 e. The van der Waals surface area contributed by atoms with E-state index in [0.717, 1.165) is 22.9 Å². The van der Waals surface area contributed by atoms with Crippen LogP contribution in [-0.4, -0.2) is 39.5 Å². The highest BCUT2D eigenvalue weighted by molar-refractivity contribution is 8.14. The average molecular weight is 473 g/mol. The first-order valence-electron chi connectivity index (χ1n) is 10.8. The van der Waals surface area contributed by atoms with Crippen molar-refractivity contribution >= 4 is 46.0 Å². The molecule has 3 aromatic carbocycles. The summed E-state index contributed by atoms with van der Waals surface area (Å²) in [6, 6.07) is 21.3. The molecule has 0 aliphatic carbocycles. The Labute approximate surface area is 200 Å². The summed E-state index contributed by atoms with van der Waals surface area (Å²) < 4.78 is 13.8. The van der Waals surface area contributed by atoms with Crippen LogP contribution in [0.5, 0.6) is 0 Å². The van der Waals surface area contributed by atoms with Crippen LogP contribution in [0.1, 0.15) is 16.7 Å². The number of carbonyl (C=O) groups is 2. The number of thioether (sulfide) groups is 1. The van der Waals surface area contributed by atoms with E-state index in [1.165, 1.54) is 11.0 Å². The number of benzene rings is 3. The van der Waals surface area contributed by atoms with Crippen molar-refractivity contribution in [3.63, 3.8) is 0 Å². The Morgan fingerprint density at radius 3 is 2.65 bits per heavy atom. The van der Waals surface area contributed by atoms with Crippen molar-refractivity contribution in [1.82, 2.24) is 4.90 Å². The fraction of sp³-hybridized carbons (Fsp3) is 0.154. The maximum Gasteiger partial charge on any atom is 0.259 e. The molecule has 2 aliphatic rings. The number of amidine groups is 2. The lowest BCUT2D eigenvalue weighted by Gasteiger charge is -2.25. The molecule has 2 heterocycles. The van der Waals surface area contributed by atoms with Crippen molar-refractivity contribution in [2.45, 2.75) is 19.4 Å². The van der Waals surface area contributed by atoms with Crippen LogP contribution in [0.2, 0.25) is 0 Å². The number of halogens is 1. The van der Waals surface area contributed by atoms with Crippen molar-refractivity contribution in [2.75, 3.05) is 11.1 Å². The van der Waals surface area contributed by atoms with E-state index >= 15 is 0 Å². The van der Waals surface area contributed by atoms with Crippen LogP contribution in [0.25, 0.3) is 0 Å². The van der Waals surface area contributed by atoms with Gasteiger partial charge in [0.1, 0.15) is 17.7 Å². The maximum atomic E-state index is 13.8. The summed E-state index contributed by atoms with van der Waals surface area (Å²) in [4.78, 5) is 36.8. The predicted molar refractivity (Wildman–Crippen MR) is 133 cm³/mol. The minimum absolute atomic E-state index is 0.0108. The Bertz CT molecular complexity index is 1340. The van der Waals surface area contributed by atoms with Gasteiger partial charge in [0.15, 0.2) is 5.17 Å². The number of anilines is 1. The number of fused-ring (bicyclic) bond motifs is 3. The number of rotatable bonds is 5. The molecule has 0 saturated heterocycles. The van der Waals surface area contributed by atoms with Crippen LogP contribution in [0.15, 0.2) is 82.8 Å². The SMILES string of the molecule is Cc1ccc(NC(=O)CSC2=Nc3ccccc3C3=N[C@@H](Cc4ccccc4)C(=O)N23)cc1F. The van der Waals surface area contributed by atoms with Gasteiger partial charge in [0, 0.05) is 17.7 Å². The van der Waals surface area contributed by atoms with Gasteiger partial charge < -0.3 is 5.32 Å². The van der Waals surface area contributed by atoms with Gasteiger partial charge in [0.2, 0.25) is 5.91 Å². The molecule has 1 atom stereocenters. The zero-order valence-corrected chi connectivity index (χ0v) is 19.2. The highest BCUT2D eigenvalue weighted by Crippen LogP contribution is 2.34. The number of para-hydroxylation sites is 1. The molecule has 5 rings (SSSR count). The summed E-state index contributed by atoms with van der Waals surface area (Å²) in [7, 11) is 0. The number of amides is 2. The summed E-state index contributed by atoms with van der Waals surface area (Å²) >= 11 is 1.15. The molecule has 0 aromatic heterocycles. The molecule has 0 bridgehead atoms. The number of nitrogens with zero attached hydrogens (tertiary/aromatic N) is 3. The normalized spacial score (nSPS) is 16.5. The monoisotopic (exact) mass is 472 g/mol. The van der Waals surface area contributed by atoms with E-state index in [9.17, 15) is 14.0 Å². The Morgan fingerprint density at radius 2 is 1.85 bits per heavy atom. The van der Waals surface area contributed by atoms with Crippen molar-refractivity contribution in [2.24, 2.45) is 9.98 Å². The number of hydrogen-bond acceptors (Lipinski definition) is 5. The minimum atomic E-state index is -0.557. The van der Waals surface area contributed by atoms with Crippen LogP contribution < -0.4 is 5.32 Å². The van der Waals surface area contributed by atoms with Crippen LogP contribution in [-0.2, 0) is 16.0 Å². The summed E-state index contributed by atoms with van der Waals surface area (Å²) in [5, 5.41) is 3.10. The number of aliphatic imine (C=N–C) groups is 2. The quantitative estimate of drug-likeness (QED) is 0.585. The van der Waals surface area contributed by atoms with Crippen LogP contribution >= 0.6 is 11.8 Å². The van der Waals surface area contributed by atoms with Gasteiger partial charge in [-0.25, -0.2) is 14.3 Å². The average Bonchev–Trinajstić information content (AvgIpc) is 3.17. The van der Waals surface area contributed by atoms with E-state index in [1.54, 1.807) is 19.1 Å². The van der Waals surface area contributed by atoms with Crippen molar-refractivity contribution in [3.05, 3.63) is 95.3 Å².